The van der Waals surface area contributed by atoms with E-state index in [2.05, 4.69) is 0 Å². The maximum absolute atomic E-state index is 9.53. The molecule has 0 aromatic heterocycles. The summed E-state index contributed by atoms with van der Waals surface area (Å²) in [5, 5.41) is 28.6. The molecule has 0 unspecified atom stereocenters. The van der Waals surface area contributed by atoms with E-state index in [4.69, 9.17) is 0 Å². The van der Waals surface area contributed by atoms with Crippen LogP contribution in [-0.4, -0.2) is 37.2 Å². The number of unbranched alkanes of at least 4 members (excludes halogenated alkanes) is 3. The van der Waals surface area contributed by atoms with Crippen molar-refractivity contribution in [1.82, 2.24) is 0 Å². The molecule has 0 radical (unpaired) electrons. The van der Waals surface area contributed by atoms with Crippen LogP contribution in [0.5, 0.6) is 0 Å². The largest absolute Gasteiger partial charge is 3.00 e. The summed E-state index contributed by atoms with van der Waals surface area (Å²) in [5.74, 6) is 0. The molecule has 0 aromatic rings. The summed E-state index contributed by atoms with van der Waals surface area (Å²) in [6, 6.07) is 0. The van der Waals surface area contributed by atoms with Gasteiger partial charge in [0.2, 0.25) is 0 Å². The molecule has 0 rings (SSSR count). The fourth-order valence-corrected chi connectivity index (χ4v) is 0.433. The smallest absolute Gasteiger partial charge is 0.854 e. The Hall–Kier alpha value is 0.412. The zero-order chi connectivity index (χ0) is 12.4. The Morgan fingerprint density at radius 1 is 0.562 bits per heavy atom. The van der Waals surface area contributed by atoms with Gasteiger partial charge in [-0.15, -0.1) is 19.8 Å². The Kier molecular flexibility index (Phi) is 57.2. The minimum Gasteiger partial charge on any atom is -0.854 e. The SMILES string of the molecule is CCCC[O-].CCCC[O-].CCCC[O-].[Al+3]. The molecule has 3 nitrogen and oxygen atoms in total. The van der Waals surface area contributed by atoms with Crippen molar-refractivity contribution in [2.24, 2.45) is 0 Å². The van der Waals surface area contributed by atoms with Crippen LogP contribution in [0.15, 0.2) is 0 Å². The molecule has 0 N–H and O–H groups in total. The molecule has 0 fully saturated rings. The van der Waals surface area contributed by atoms with Crippen LogP contribution < -0.4 is 15.3 Å². The molecule has 0 heterocycles. The maximum atomic E-state index is 9.53. The van der Waals surface area contributed by atoms with Gasteiger partial charge in [0, 0.05) is 0 Å². The van der Waals surface area contributed by atoms with Crippen molar-refractivity contribution in [1.29, 1.82) is 0 Å². The van der Waals surface area contributed by atoms with Gasteiger partial charge in [0.25, 0.3) is 0 Å². The molecule has 0 atom stereocenters. The summed E-state index contributed by atoms with van der Waals surface area (Å²) in [7, 11) is 0. The Balaban J connectivity index is -0.0000000655. The zero-order valence-electron chi connectivity index (χ0n) is 11.2. The van der Waals surface area contributed by atoms with Crippen molar-refractivity contribution in [3.63, 3.8) is 0 Å². The molecule has 0 aromatic carbocycles. The first kappa shape index (κ1) is 25.3. The zero-order valence-corrected chi connectivity index (χ0v) is 12.3. The van der Waals surface area contributed by atoms with Gasteiger partial charge in [0.1, 0.15) is 0 Å². The summed E-state index contributed by atoms with van der Waals surface area (Å²) in [6.07, 6.45) is 5.59. The predicted molar refractivity (Wildman–Crippen MR) is 65.1 cm³/mol. The van der Waals surface area contributed by atoms with Crippen LogP contribution in [-0.2, 0) is 0 Å². The van der Waals surface area contributed by atoms with Gasteiger partial charge in [0.15, 0.2) is 0 Å². The van der Waals surface area contributed by atoms with E-state index in [1.807, 2.05) is 20.8 Å². The van der Waals surface area contributed by atoms with Crippen LogP contribution >= 0.6 is 0 Å². The van der Waals surface area contributed by atoms with E-state index in [9.17, 15) is 15.3 Å². The molecule has 0 spiro atoms. The molecule has 0 saturated carbocycles. The van der Waals surface area contributed by atoms with E-state index in [0.717, 1.165) is 38.5 Å². The van der Waals surface area contributed by atoms with Crippen LogP contribution in [0.4, 0.5) is 0 Å². The predicted octanol–water partition coefficient (Wildman–Crippen LogP) is 0.0596. The van der Waals surface area contributed by atoms with E-state index in [1.165, 1.54) is 0 Å². The number of hydrogen-bond donors (Lipinski definition) is 0. The van der Waals surface area contributed by atoms with Crippen molar-refractivity contribution in [3.05, 3.63) is 0 Å². The van der Waals surface area contributed by atoms with Crippen molar-refractivity contribution < 1.29 is 15.3 Å². The van der Waals surface area contributed by atoms with Crippen molar-refractivity contribution >= 4 is 17.4 Å². The Bertz CT molecular complexity index is 53.0. The molecular formula is C12H27AlO3. The third-order valence-electron chi connectivity index (χ3n) is 1.49. The average Bonchev–Trinajstić information content (AvgIpc) is 2.23. The molecule has 0 aliphatic rings. The summed E-state index contributed by atoms with van der Waals surface area (Å²) >= 11 is 0. The van der Waals surface area contributed by atoms with Gasteiger partial charge in [-0.05, 0) is 0 Å². The van der Waals surface area contributed by atoms with Gasteiger partial charge < -0.3 is 15.3 Å². The van der Waals surface area contributed by atoms with E-state index in [1.54, 1.807) is 0 Å². The van der Waals surface area contributed by atoms with Gasteiger partial charge in [-0.25, -0.2) is 0 Å². The van der Waals surface area contributed by atoms with Crippen LogP contribution in [0.2, 0.25) is 0 Å². The first-order valence-corrected chi connectivity index (χ1v) is 5.99. The average molecular weight is 246 g/mol. The van der Waals surface area contributed by atoms with Crippen molar-refractivity contribution in [2.75, 3.05) is 19.8 Å². The third-order valence-corrected chi connectivity index (χ3v) is 1.49. The minimum absolute atomic E-state index is 0. The van der Waals surface area contributed by atoms with Crippen LogP contribution in [0.1, 0.15) is 59.3 Å². The number of rotatable bonds is 6. The summed E-state index contributed by atoms with van der Waals surface area (Å²) < 4.78 is 0. The molecule has 0 aliphatic heterocycles. The second-order valence-corrected chi connectivity index (χ2v) is 3.17. The molecule has 0 amide bonds. The van der Waals surface area contributed by atoms with Crippen LogP contribution in [0.3, 0.4) is 0 Å². The van der Waals surface area contributed by atoms with Gasteiger partial charge in [0.05, 0.1) is 0 Å². The Morgan fingerprint density at radius 2 is 0.750 bits per heavy atom. The molecular weight excluding hydrogens is 219 g/mol. The van der Waals surface area contributed by atoms with E-state index in [0.29, 0.717) is 0 Å². The third kappa shape index (κ3) is 63.1. The van der Waals surface area contributed by atoms with E-state index < -0.39 is 0 Å². The van der Waals surface area contributed by atoms with Crippen molar-refractivity contribution in [2.45, 2.75) is 59.3 Å². The van der Waals surface area contributed by atoms with Gasteiger partial charge in [-0.3, -0.25) is 0 Å². The van der Waals surface area contributed by atoms with Gasteiger partial charge in [-0.1, -0.05) is 59.3 Å². The second kappa shape index (κ2) is 36.1. The van der Waals surface area contributed by atoms with E-state index >= 15 is 0 Å². The monoisotopic (exact) mass is 246 g/mol. The minimum atomic E-state index is 0. The van der Waals surface area contributed by atoms with Gasteiger partial charge >= 0.3 is 17.4 Å². The summed E-state index contributed by atoms with van der Waals surface area (Å²) in [6.45, 7) is 6.32. The Morgan fingerprint density at radius 3 is 0.750 bits per heavy atom. The van der Waals surface area contributed by atoms with Crippen molar-refractivity contribution in [3.8, 4) is 0 Å². The summed E-state index contributed by atoms with van der Waals surface area (Å²) in [5.41, 5.74) is 0. The second-order valence-electron chi connectivity index (χ2n) is 3.17. The number of hydrogen-bond acceptors (Lipinski definition) is 3. The first-order chi connectivity index (χ1) is 7.24. The normalized spacial score (nSPS) is 7.88. The van der Waals surface area contributed by atoms with E-state index in [-0.39, 0.29) is 37.2 Å². The Labute approximate surface area is 112 Å². The quantitative estimate of drug-likeness (QED) is 0.622. The fourth-order valence-electron chi connectivity index (χ4n) is 0.433. The molecule has 0 bridgehead atoms. The van der Waals surface area contributed by atoms with Crippen LogP contribution in [0, 0.1) is 0 Å². The molecule has 96 valence electrons. The molecule has 0 saturated heterocycles. The first-order valence-electron chi connectivity index (χ1n) is 5.99. The maximum Gasteiger partial charge on any atom is 3.00 e. The summed E-state index contributed by atoms with van der Waals surface area (Å²) in [4.78, 5) is 0. The molecule has 4 heteroatoms. The molecule has 16 heavy (non-hydrogen) atoms. The topological polar surface area (TPSA) is 69.2 Å². The van der Waals surface area contributed by atoms with Gasteiger partial charge in [-0.2, -0.15) is 0 Å². The molecule has 0 aliphatic carbocycles. The standard InChI is InChI=1S/3C4H9O.Al/c3*1-2-3-4-5;/h3*2-4H2,1H3;/q3*-1;+3. The van der Waals surface area contributed by atoms with Crippen LogP contribution in [0.25, 0.3) is 0 Å². The fraction of sp³-hybridized carbons (Fsp3) is 1.00.